The summed E-state index contributed by atoms with van der Waals surface area (Å²) >= 11 is 0. The molecule has 0 aliphatic heterocycles. The zero-order chi connectivity index (χ0) is 10.3. The first kappa shape index (κ1) is 12.0. The molecule has 0 aromatic rings. The summed E-state index contributed by atoms with van der Waals surface area (Å²) in [6.45, 7) is -0.988. The van der Waals surface area contributed by atoms with Crippen molar-refractivity contribution < 1.29 is 23.8 Å². The SMILES string of the molecule is O=C(O)C(F)(F)CNC/C=C/CO. The Morgan fingerprint density at radius 1 is 1.46 bits per heavy atom. The van der Waals surface area contributed by atoms with Gasteiger partial charge in [0.1, 0.15) is 0 Å². The Morgan fingerprint density at radius 2 is 2.08 bits per heavy atom. The van der Waals surface area contributed by atoms with E-state index in [0.717, 1.165) is 0 Å². The van der Waals surface area contributed by atoms with E-state index in [1.807, 2.05) is 0 Å². The van der Waals surface area contributed by atoms with Crippen LogP contribution in [0.5, 0.6) is 0 Å². The zero-order valence-corrected chi connectivity index (χ0v) is 6.83. The molecule has 0 rings (SSSR count). The fourth-order valence-electron chi connectivity index (χ4n) is 0.546. The highest BCUT2D eigenvalue weighted by Gasteiger charge is 2.37. The first-order valence-electron chi connectivity index (χ1n) is 3.58. The largest absolute Gasteiger partial charge is 0.477 e. The van der Waals surface area contributed by atoms with Gasteiger partial charge in [0.25, 0.3) is 0 Å². The first-order chi connectivity index (χ1) is 6.00. The van der Waals surface area contributed by atoms with E-state index in [1.165, 1.54) is 12.2 Å². The molecule has 4 nitrogen and oxygen atoms in total. The molecule has 0 aromatic heterocycles. The van der Waals surface area contributed by atoms with E-state index in [-0.39, 0.29) is 13.2 Å². The number of carboxylic acids is 1. The number of hydrogen-bond acceptors (Lipinski definition) is 3. The number of hydrogen-bond donors (Lipinski definition) is 3. The molecule has 0 unspecified atom stereocenters. The molecule has 0 fully saturated rings. The first-order valence-corrected chi connectivity index (χ1v) is 3.58. The number of rotatable bonds is 6. The van der Waals surface area contributed by atoms with Crippen molar-refractivity contribution in [3.05, 3.63) is 12.2 Å². The van der Waals surface area contributed by atoms with Crippen molar-refractivity contribution in [3.8, 4) is 0 Å². The average Bonchev–Trinajstić information content (AvgIpc) is 2.03. The van der Waals surface area contributed by atoms with Crippen LogP contribution in [-0.4, -0.2) is 41.8 Å². The summed E-state index contributed by atoms with van der Waals surface area (Å²) in [4.78, 5) is 9.89. The lowest BCUT2D eigenvalue weighted by molar-refractivity contribution is -0.163. The van der Waals surface area contributed by atoms with Crippen molar-refractivity contribution in [1.82, 2.24) is 5.32 Å². The van der Waals surface area contributed by atoms with E-state index in [0.29, 0.717) is 0 Å². The van der Waals surface area contributed by atoms with E-state index in [4.69, 9.17) is 10.2 Å². The lowest BCUT2D eigenvalue weighted by Crippen LogP contribution is -2.39. The third-order valence-corrected chi connectivity index (χ3v) is 1.19. The van der Waals surface area contributed by atoms with Gasteiger partial charge in [-0.05, 0) is 0 Å². The normalized spacial score (nSPS) is 12.2. The van der Waals surface area contributed by atoms with Gasteiger partial charge in [0.2, 0.25) is 0 Å². The maximum atomic E-state index is 12.3. The zero-order valence-electron chi connectivity index (χ0n) is 6.83. The fourth-order valence-corrected chi connectivity index (χ4v) is 0.546. The van der Waals surface area contributed by atoms with Crippen LogP contribution in [0.15, 0.2) is 12.2 Å². The predicted molar refractivity (Wildman–Crippen MR) is 41.7 cm³/mol. The molecular formula is C7H11F2NO3. The van der Waals surface area contributed by atoms with Crippen molar-refractivity contribution in [3.63, 3.8) is 0 Å². The van der Waals surface area contributed by atoms with Gasteiger partial charge >= 0.3 is 11.9 Å². The smallest absolute Gasteiger partial charge is 0.375 e. The van der Waals surface area contributed by atoms with E-state index in [2.05, 4.69) is 5.32 Å². The molecule has 0 aromatic carbocycles. The van der Waals surface area contributed by atoms with Gasteiger partial charge in [0.15, 0.2) is 0 Å². The summed E-state index contributed by atoms with van der Waals surface area (Å²) in [5.74, 6) is -5.89. The minimum absolute atomic E-state index is 0.101. The quantitative estimate of drug-likeness (QED) is 0.407. The van der Waals surface area contributed by atoms with E-state index in [9.17, 15) is 13.6 Å². The highest BCUT2D eigenvalue weighted by Crippen LogP contribution is 2.10. The fraction of sp³-hybridized carbons (Fsp3) is 0.571. The van der Waals surface area contributed by atoms with Crippen LogP contribution in [-0.2, 0) is 4.79 Å². The summed E-state index contributed by atoms with van der Waals surface area (Å²) in [7, 11) is 0. The van der Waals surface area contributed by atoms with Crippen molar-refractivity contribution in [2.24, 2.45) is 0 Å². The second-order valence-electron chi connectivity index (χ2n) is 2.29. The molecule has 0 aliphatic carbocycles. The Balaban J connectivity index is 3.64. The maximum absolute atomic E-state index is 12.3. The number of carbonyl (C=O) groups is 1. The highest BCUT2D eigenvalue weighted by molar-refractivity contribution is 5.75. The summed E-state index contributed by atoms with van der Waals surface area (Å²) in [6.07, 6.45) is 2.80. The van der Waals surface area contributed by atoms with E-state index in [1.54, 1.807) is 0 Å². The minimum Gasteiger partial charge on any atom is -0.477 e. The van der Waals surface area contributed by atoms with Crippen molar-refractivity contribution >= 4 is 5.97 Å². The van der Waals surface area contributed by atoms with E-state index >= 15 is 0 Å². The molecule has 0 amide bonds. The molecule has 0 atom stereocenters. The van der Waals surface area contributed by atoms with Crippen LogP contribution in [0.3, 0.4) is 0 Å². The molecule has 6 heteroatoms. The van der Waals surface area contributed by atoms with Gasteiger partial charge in [-0.3, -0.25) is 0 Å². The topological polar surface area (TPSA) is 69.6 Å². The minimum atomic E-state index is -3.74. The molecule has 3 N–H and O–H groups in total. The van der Waals surface area contributed by atoms with Gasteiger partial charge in [0.05, 0.1) is 13.2 Å². The van der Waals surface area contributed by atoms with Crippen molar-refractivity contribution in [2.75, 3.05) is 19.7 Å². The number of aliphatic hydroxyl groups excluding tert-OH is 1. The van der Waals surface area contributed by atoms with Gasteiger partial charge in [-0.1, -0.05) is 12.2 Å². The summed E-state index contributed by atoms with van der Waals surface area (Å²) in [5, 5.41) is 18.5. The number of alkyl halides is 2. The molecule has 0 saturated heterocycles. The Bertz CT molecular complexity index is 194. The number of aliphatic hydroxyl groups is 1. The van der Waals surface area contributed by atoms with Crippen LogP contribution in [0.2, 0.25) is 0 Å². The lowest BCUT2D eigenvalue weighted by atomic mass is 10.3. The molecule has 0 aliphatic rings. The molecule has 0 heterocycles. The second-order valence-corrected chi connectivity index (χ2v) is 2.29. The third kappa shape index (κ3) is 5.26. The molecular weight excluding hydrogens is 184 g/mol. The molecule has 0 bridgehead atoms. The van der Waals surface area contributed by atoms with E-state index < -0.39 is 18.4 Å². The number of halogens is 2. The van der Waals surface area contributed by atoms with Gasteiger partial charge in [-0.15, -0.1) is 0 Å². The molecule has 0 spiro atoms. The van der Waals surface area contributed by atoms with Gasteiger partial charge in [-0.25, -0.2) is 4.79 Å². The summed E-state index contributed by atoms with van der Waals surface area (Å²) in [5.41, 5.74) is 0. The lowest BCUT2D eigenvalue weighted by Gasteiger charge is -2.10. The summed E-state index contributed by atoms with van der Waals surface area (Å²) in [6, 6.07) is 0. The summed E-state index contributed by atoms with van der Waals surface area (Å²) < 4.78 is 24.6. The van der Waals surface area contributed by atoms with Gasteiger partial charge < -0.3 is 15.5 Å². The predicted octanol–water partition coefficient (Wildman–Crippen LogP) is -0.156. The molecule has 0 radical (unpaired) electrons. The molecule has 0 saturated carbocycles. The van der Waals surface area contributed by atoms with Gasteiger partial charge in [-0.2, -0.15) is 8.78 Å². The second kappa shape index (κ2) is 5.60. The number of carboxylic acid groups (broad SMARTS) is 1. The number of aliphatic carboxylic acids is 1. The maximum Gasteiger partial charge on any atom is 0.375 e. The van der Waals surface area contributed by atoms with Crippen LogP contribution in [0.1, 0.15) is 0 Å². The standard InChI is InChI=1S/C7H11F2NO3/c8-7(9,6(12)13)5-10-3-1-2-4-11/h1-2,10-11H,3-5H2,(H,12,13)/b2-1+. The Kier molecular flexibility index (Phi) is 5.17. The van der Waals surface area contributed by atoms with Crippen molar-refractivity contribution in [2.45, 2.75) is 5.92 Å². The van der Waals surface area contributed by atoms with Crippen LogP contribution >= 0.6 is 0 Å². The Labute approximate surface area is 73.9 Å². The molecule has 76 valence electrons. The third-order valence-electron chi connectivity index (χ3n) is 1.19. The Hall–Kier alpha value is -1.01. The number of nitrogens with one attached hydrogen (secondary N) is 1. The monoisotopic (exact) mass is 195 g/mol. The van der Waals surface area contributed by atoms with Crippen LogP contribution in [0, 0.1) is 0 Å². The van der Waals surface area contributed by atoms with Crippen LogP contribution < -0.4 is 5.32 Å². The molecule has 13 heavy (non-hydrogen) atoms. The average molecular weight is 195 g/mol. The van der Waals surface area contributed by atoms with Gasteiger partial charge in [0, 0.05) is 6.54 Å². The Morgan fingerprint density at radius 3 is 2.54 bits per heavy atom. The van der Waals surface area contributed by atoms with Crippen LogP contribution in [0.25, 0.3) is 0 Å². The van der Waals surface area contributed by atoms with Crippen LogP contribution in [0.4, 0.5) is 8.78 Å². The van der Waals surface area contributed by atoms with Crippen molar-refractivity contribution in [1.29, 1.82) is 0 Å². The highest BCUT2D eigenvalue weighted by atomic mass is 19.3.